The number of aromatic nitrogens is 9. The van der Waals surface area contributed by atoms with Crippen LogP contribution in [0.1, 0.15) is 80.0 Å². The van der Waals surface area contributed by atoms with E-state index in [-0.39, 0.29) is 63.5 Å². The SMILES string of the molecule is C=CC(=O)N1CCN(c2c(C#N)cnc3c(F)c(-c4c(C)ccc5cnn(C)c45)c(Cl)cc23)C[C@H]1C.C=CC(=O)N1CCN(c2c(C)cnc3c(F)c(-c4c(C)ccc5cnn(C6CC6)c45)c(Cl)cc23)C[C@H]1C.C=CC(=O)N1[C@H](C)CN(c2c(C)cnc3c(F)c(-c4c(C)ccc5cnn(C)c45)c(Cl)cc23)C[C@@H]1C. The van der Waals surface area contributed by atoms with E-state index in [0.717, 1.165) is 95.9 Å². The van der Waals surface area contributed by atoms with Crippen molar-refractivity contribution in [3.05, 3.63) is 196 Å². The van der Waals surface area contributed by atoms with Crippen molar-refractivity contribution in [1.29, 1.82) is 5.26 Å². The molecule has 0 unspecified atom stereocenters. The molecule has 4 fully saturated rings. The van der Waals surface area contributed by atoms with Crippen LogP contribution in [0, 0.1) is 63.4 Å². The highest BCUT2D eigenvalue weighted by molar-refractivity contribution is 6.36. The molecule has 6 aromatic heterocycles. The fraction of sp³-hybridized carbons (Fsp3) is 0.310. The van der Waals surface area contributed by atoms with E-state index < -0.39 is 17.5 Å². The van der Waals surface area contributed by atoms with Gasteiger partial charge in [-0.3, -0.25) is 43.4 Å². The Morgan fingerprint density at radius 1 is 0.468 bits per heavy atom. The number of piperazine rings is 3. The molecule has 3 aliphatic heterocycles. The molecule has 0 bridgehead atoms. The number of rotatable bonds is 10. The van der Waals surface area contributed by atoms with Crippen LogP contribution in [0.3, 0.4) is 0 Å². The zero-order valence-corrected chi connectivity index (χ0v) is 64.9. The third-order valence-electron chi connectivity index (χ3n) is 21.9. The molecular weight excluding hydrogens is 1440 g/mol. The van der Waals surface area contributed by atoms with Gasteiger partial charge in [0, 0.05) is 175 Å². The summed E-state index contributed by atoms with van der Waals surface area (Å²) in [5.41, 5.74) is 13.6. The normalized spacial score (nSPS) is 17.5. The standard InChI is InChI=1S/C29H29ClFN5O.C28H29ClFN5O.C27H24ClFN6O/c1-5-23(37)35-11-10-34(15-18(35)4)28-17(3)13-32-27-21(28)12-22(30)25(26(27)31)24-16(2)6-7-19-14-33-36(29(19)24)20-8-9-20;1-7-22(36)35-17(4)13-34(14-18(35)5)27-16(3)11-31-26-20(27)10-21(29)24(25(26)30)23-15(2)8-9-19-12-32-33(6)28(19)23;1-5-21(36)35-9-8-34(14-16(35)3)26-18(11-30)12-31-25-19(26)10-20(28)23(24(25)29)22-15(2)6-7-17-13-32-33(4)27(17)22/h5-7,12-14,18,20H,1,8-11,15H2,2-4H3;7-12,17-18H,1,13-14H2,2-6H3;5-7,10,12-13,16H,1,8-9,14H2,2-4H3/t18-;17-,18+;16-/m1.1/s1. The molecule has 4 atom stereocenters. The van der Waals surface area contributed by atoms with Crippen molar-refractivity contribution in [2.24, 2.45) is 14.1 Å². The Kier molecular flexibility index (Phi) is 20.4. The molecule has 16 rings (SSSR count). The van der Waals surface area contributed by atoms with Gasteiger partial charge in [0.1, 0.15) is 22.6 Å². The molecule has 25 heteroatoms. The molecule has 6 aromatic carbocycles. The summed E-state index contributed by atoms with van der Waals surface area (Å²) in [6.07, 6.45) is 16.4. The molecule has 1 aliphatic carbocycles. The molecule has 9 heterocycles. The molecule has 0 N–H and O–H groups in total. The molecule has 12 aromatic rings. The minimum atomic E-state index is -0.548. The summed E-state index contributed by atoms with van der Waals surface area (Å²) in [7, 11) is 3.66. The topological polar surface area (TPSA) is 187 Å². The van der Waals surface area contributed by atoms with Crippen molar-refractivity contribution in [3.63, 3.8) is 0 Å². The van der Waals surface area contributed by atoms with Gasteiger partial charge in [-0.25, -0.2) is 13.2 Å². The number of anilines is 3. The van der Waals surface area contributed by atoms with E-state index in [1.807, 2.05) is 151 Å². The Labute approximate surface area is 644 Å². The lowest BCUT2D eigenvalue weighted by atomic mass is 9.95. The van der Waals surface area contributed by atoms with Crippen molar-refractivity contribution in [3.8, 4) is 39.4 Å². The lowest BCUT2D eigenvalue weighted by Gasteiger charge is -2.45. The van der Waals surface area contributed by atoms with E-state index in [1.165, 1.54) is 24.4 Å². The number of benzene rings is 6. The summed E-state index contributed by atoms with van der Waals surface area (Å²) in [6.45, 7) is 33.1. The van der Waals surface area contributed by atoms with E-state index in [4.69, 9.17) is 34.8 Å². The van der Waals surface area contributed by atoms with Crippen LogP contribution in [0.5, 0.6) is 0 Å². The van der Waals surface area contributed by atoms with Crippen LogP contribution in [0.4, 0.5) is 30.2 Å². The number of nitriles is 1. The molecular formula is C84H82Cl3F3N16O3. The second kappa shape index (κ2) is 29.6. The third kappa shape index (κ3) is 13.1. The summed E-state index contributed by atoms with van der Waals surface area (Å²) < 4.78 is 54.6. The summed E-state index contributed by atoms with van der Waals surface area (Å²) in [4.78, 5) is 62.1. The highest BCUT2D eigenvalue weighted by atomic mass is 35.5. The largest absolute Gasteiger partial charge is 0.367 e. The van der Waals surface area contributed by atoms with Crippen molar-refractivity contribution < 1.29 is 27.6 Å². The van der Waals surface area contributed by atoms with Gasteiger partial charge in [0.25, 0.3) is 0 Å². The van der Waals surface area contributed by atoms with Gasteiger partial charge >= 0.3 is 0 Å². The number of hydrogen-bond donors (Lipinski definition) is 0. The highest BCUT2D eigenvalue weighted by Crippen LogP contribution is 2.49. The van der Waals surface area contributed by atoms with Gasteiger partial charge < -0.3 is 29.4 Å². The zero-order chi connectivity index (χ0) is 77.6. The van der Waals surface area contributed by atoms with Crippen LogP contribution in [0.2, 0.25) is 15.1 Å². The maximum absolute atomic E-state index is 16.5. The Bertz CT molecular complexity index is 5850. The van der Waals surface area contributed by atoms with Gasteiger partial charge in [-0.05, 0) is 139 Å². The van der Waals surface area contributed by atoms with Gasteiger partial charge in [-0.1, -0.05) is 90.9 Å². The van der Waals surface area contributed by atoms with Crippen LogP contribution in [-0.2, 0) is 28.5 Å². The number of aryl methyl sites for hydroxylation is 7. The van der Waals surface area contributed by atoms with Crippen molar-refractivity contribution in [2.45, 2.75) is 105 Å². The van der Waals surface area contributed by atoms with Crippen LogP contribution >= 0.6 is 34.8 Å². The van der Waals surface area contributed by atoms with E-state index >= 15 is 13.2 Å². The number of carbonyl (C=O) groups excluding carboxylic acids is 3. The first-order valence-electron chi connectivity index (χ1n) is 36.3. The van der Waals surface area contributed by atoms with Crippen LogP contribution < -0.4 is 14.7 Å². The fourth-order valence-corrected chi connectivity index (χ4v) is 17.5. The monoisotopic (exact) mass is 1520 g/mol. The maximum Gasteiger partial charge on any atom is 0.246 e. The smallest absolute Gasteiger partial charge is 0.246 e. The molecule has 0 radical (unpaired) electrons. The van der Waals surface area contributed by atoms with Crippen LogP contribution in [-0.4, -0.2) is 153 Å². The van der Waals surface area contributed by atoms with Gasteiger partial charge in [0.2, 0.25) is 17.7 Å². The van der Waals surface area contributed by atoms with Gasteiger partial charge in [0.05, 0.1) is 78.9 Å². The number of halogens is 6. The first kappa shape index (κ1) is 75.0. The average molecular weight is 1530 g/mol. The lowest BCUT2D eigenvalue weighted by Crippen LogP contribution is -2.58. The molecule has 109 heavy (non-hydrogen) atoms. The number of amides is 3. The summed E-state index contributed by atoms with van der Waals surface area (Å²) >= 11 is 20.6. The first-order chi connectivity index (χ1) is 52.2. The lowest BCUT2D eigenvalue weighted by molar-refractivity contribution is -0.131. The van der Waals surface area contributed by atoms with E-state index in [9.17, 15) is 19.6 Å². The molecule has 3 amide bonds. The van der Waals surface area contributed by atoms with Crippen LogP contribution in [0.25, 0.3) is 98.8 Å². The van der Waals surface area contributed by atoms with Gasteiger partial charge in [-0.15, -0.1) is 0 Å². The molecule has 19 nitrogen and oxygen atoms in total. The summed E-state index contributed by atoms with van der Waals surface area (Å²) in [5.74, 6) is -1.70. The van der Waals surface area contributed by atoms with Crippen molar-refractivity contribution >= 4 is 135 Å². The number of pyridine rings is 3. The fourth-order valence-electron chi connectivity index (χ4n) is 16.7. The van der Waals surface area contributed by atoms with Crippen molar-refractivity contribution in [1.82, 2.24) is 59.0 Å². The number of carbonyl (C=O) groups is 3. The molecule has 558 valence electrons. The maximum atomic E-state index is 16.5. The predicted molar refractivity (Wildman–Crippen MR) is 430 cm³/mol. The first-order valence-corrected chi connectivity index (χ1v) is 37.4. The van der Waals surface area contributed by atoms with Crippen molar-refractivity contribution in [2.75, 3.05) is 67.1 Å². The quantitative estimate of drug-likeness (QED) is 0.118. The van der Waals surface area contributed by atoms with Gasteiger partial charge in [0.15, 0.2) is 17.5 Å². The minimum Gasteiger partial charge on any atom is -0.367 e. The van der Waals surface area contributed by atoms with E-state index in [1.54, 1.807) is 45.1 Å². The Morgan fingerprint density at radius 2 is 0.835 bits per heavy atom. The second-order valence-electron chi connectivity index (χ2n) is 29.1. The number of hydrogen-bond acceptors (Lipinski definition) is 13. The minimum absolute atomic E-state index is 0.00980. The molecule has 4 aliphatic rings. The molecule has 3 saturated heterocycles. The summed E-state index contributed by atoms with van der Waals surface area (Å²) in [5, 5.41) is 28.7. The van der Waals surface area contributed by atoms with E-state index in [0.29, 0.717) is 118 Å². The second-order valence-corrected chi connectivity index (χ2v) is 30.3. The molecule has 0 spiro atoms. The number of fused-ring (bicyclic) bond motifs is 6. The van der Waals surface area contributed by atoms with Gasteiger partial charge in [-0.2, -0.15) is 20.6 Å². The zero-order valence-electron chi connectivity index (χ0n) is 62.6. The Hall–Kier alpha value is -10.9. The predicted octanol–water partition coefficient (Wildman–Crippen LogP) is 17.0. The molecule has 1 saturated carbocycles. The van der Waals surface area contributed by atoms with Crippen LogP contribution in [0.15, 0.2) is 130 Å². The van der Waals surface area contributed by atoms with E-state index in [2.05, 4.69) is 65.9 Å². The Morgan fingerprint density at radius 3 is 1.24 bits per heavy atom. The summed E-state index contributed by atoms with van der Waals surface area (Å²) in [6, 6.07) is 19.5. The average Bonchev–Trinajstić information content (AvgIpc) is 1.64. The Balaban J connectivity index is 0.000000137. The highest BCUT2D eigenvalue weighted by Gasteiger charge is 2.37. The third-order valence-corrected chi connectivity index (χ3v) is 22.8. The number of nitrogens with zero attached hydrogens (tertiary/aromatic N) is 16.